The van der Waals surface area contributed by atoms with E-state index in [1.807, 2.05) is 48.5 Å². The number of hydrogen-bond acceptors (Lipinski definition) is 8. The Kier molecular flexibility index (Phi) is 13.9. The van der Waals surface area contributed by atoms with E-state index in [1.165, 1.54) is 129 Å². The van der Waals surface area contributed by atoms with Gasteiger partial charge in [-0.25, -0.2) is 19.9 Å². The minimum Gasteiger partial charge on any atom is -0.436 e. The summed E-state index contributed by atoms with van der Waals surface area (Å²) in [6.45, 7) is 0. The van der Waals surface area contributed by atoms with Crippen molar-refractivity contribution in [1.82, 2.24) is 29.1 Å². The molecule has 0 unspecified atom stereocenters. The molecule has 0 amide bonds. The molecule has 0 bridgehead atoms. The molecule has 6 heterocycles. The lowest BCUT2D eigenvalue weighted by molar-refractivity contribution is 0.619. The Morgan fingerprint density at radius 2 is 0.545 bits per heavy atom. The highest BCUT2D eigenvalue weighted by Gasteiger charge is 2.26. The van der Waals surface area contributed by atoms with Gasteiger partial charge in [-0.15, -0.1) is 22.7 Å². The Balaban J connectivity index is 0.000000132. The van der Waals surface area contributed by atoms with Gasteiger partial charge in [-0.1, -0.05) is 218 Å². The number of para-hydroxylation sites is 8. The summed E-state index contributed by atoms with van der Waals surface area (Å²) in [6, 6.07) is 126. The van der Waals surface area contributed by atoms with Crippen LogP contribution in [0.3, 0.4) is 0 Å². The smallest absolute Gasteiger partial charge is 0.227 e. The van der Waals surface area contributed by atoms with Crippen LogP contribution >= 0.6 is 22.7 Å². The Morgan fingerprint density at radius 1 is 0.227 bits per heavy atom. The van der Waals surface area contributed by atoms with E-state index in [9.17, 15) is 0 Å². The Hall–Kier alpha value is -14.2. The van der Waals surface area contributed by atoms with Gasteiger partial charge in [0.25, 0.3) is 0 Å². The fourth-order valence-electron chi connectivity index (χ4n) is 17.1. The summed E-state index contributed by atoms with van der Waals surface area (Å²) >= 11 is 3.49. The molecule has 24 rings (SSSR count). The van der Waals surface area contributed by atoms with Gasteiger partial charge in [-0.2, -0.15) is 0 Å². The molecule has 0 N–H and O–H groups in total. The fraction of sp³-hybridized carbons (Fsp3) is 0. The van der Waals surface area contributed by atoms with Crippen molar-refractivity contribution in [2.24, 2.45) is 0 Å². The second kappa shape index (κ2) is 24.7. The van der Waals surface area contributed by atoms with Crippen molar-refractivity contribution in [2.75, 3.05) is 0 Å². The van der Waals surface area contributed by atoms with E-state index in [1.54, 1.807) is 22.7 Å². The van der Waals surface area contributed by atoms with Gasteiger partial charge >= 0.3 is 0 Å². The van der Waals surface area contributed by atoms with Gasteiger partial charge in [0, 0.05) is 76.7 Å². The minimum absolute atomic E-state index is 0.620. The number of hydrogen-bond donors (Lipinski definition) is 0. The average molecular weight is 1440 g/mol. The molecule has 0 saturated carbocycles. The third kappa shape index (κ3) is 9.76. The summed E-state index contributed by atoms with van der Waals surface area (Å²) in [5.74, 6) is 1.25. The zero-order chi connectivity index (χ0) is 72.1. The lowest BCUT2D eigenvalue weighted by atomic mass is 9.88. The van der Waals surface area contributed by atoms with Crippen molar-refractivity contribution < 1.29 is 8.83 Å². The van der Waals surface area contributed by atoms with Crippen LogP contribution in [0.5, 0.6) is 0 Å². The van der Waals surface area contributed by atoms with Crippen molar-refractivity contribution in [1.29, 1.82) is 0 Å². The van der Waals surface area contributed by atoms with Gasteiger partial charge in [0.2, 0.25) is 11.8 Å². The van der Waals surface area contributed by atoms with E-state index in [0.29, 0.717) is 11.8 Å². The molecule has 0 aliphatic heterocycles. The lowest BCUT2D eigenvalue weighted by Crippen LogP contribution is -1.95. The first kappa shape index (κ1) is 62.1. The molecule has 0 spiro atoms. The Labute approximate surface area is 636 Å². The van der Waals surface area contributed by atoms with E-state index in [2.05, 4.69) is 312 Å². The Bertz CT molecular complexity index is 7300. The van der Waals surface area contributed by atoms with E-state index in [-0.39, 0.29) is 0 Å². The zero-order valence-electron chi connectivity index (χ0n) is 58.8. The molecule has 0 radical (unpaired) electrons. The van der Waals surface area contributed by atoms with Crippen molar-refractivity contribution in [2.45, 2.75) is 0 Å². The third-order valence-electron chi connectivity index (χ3n) is 22.1. The topological polar surface area (TPSA) is 87.7 Å². The summed E-state index contributed by atoms with van der Waals surface area (Å²) in [5.41, 5.74) is 21.3. The number of thiazole rings is 2. The fourth-order valence-corrected chi connectivity index (χ4v) is 19.1. The molecular weight excluding hydrogens is 1380 g/mol. The minimum atomic E-state index is 0.620. The molecule has 18 aromatic carbocycles. The second-order valence-electron chi connectivity index (χ2n) is 28.2. The molecule has 0 aliphatic carbocycles. The summed E-state index contributed by atoms with van der Waals surface area (Å²) in [4.78, 5) is 19.4. The van der Waals surface area contributed by atoms with Gasteiger partial charge in [-0.05, 0) is 199 Å². The highest BCUT2D eigenvalue weighted by molar-refractivity contribution is 7.22. The van der Waals surface area contributed by atoms with Gasteiger partial charge in [0.15, 0.2) is 11.2 Å². The predicted molar refractivity (Wildman–Crippen MR) is 461 cm³/mol. The van der Waals surface area contributed by atoms with E-state index >= 15 is 0 Å². The maximum atomic E-state index is 6.13. The van der Waals surface area contributed by atoms with E-state index < -0.39 is 0 Å². The molecule has 0 fully saturated rings. The first-order chi connectivity index (χ1) is 54.5. The van der Waals surface area contributed by atoms with Crippen molar-refractivity contribution in [3.05, 3.63) is 352 Å². The summed E-state index contributed by atoms with van der Waals surface area (Å²) in [7, 11) is 0. The lowest BCUT2D eigenvalue weighted by Gasteiger charge is -2.16. The van der Waals surface area contributed by atoms with Crippen LogP contribution in [0, 0.1) is 0 Å². The van der Waals surface area contributed by atoms with Crippen LogP contribution in [0.25, 0.3) is 229 Å². The van der Waals surface area contributed by atoms with E-state index in [4.69, 9.17) is 28.8 Å². The van der Waals surface area contributed by atoms with Gasteiger partial charge in [-0.3, -0.25) is 0 Å². The second-order valence-corrected chi connectivity index (χ2v) is 30.3. The average Bonchev–Trinajstić information content (AvgIpc) is 1.46. The first-order valence-corrected chi connectivity index (χ1v) is 38.6. The number of benzene rings is 18. The first-order valence-electron chi connectivity index (χ1n) is 37.0. The molecule has 10 heteroatoms. The predicted octanol–water partition coefficient (Wildman–Crippen LogP) is 28.0. The van der Waals surface area contributed by atoms with Gasteiger partial charge < -0.3 is 18.0 Å². The quantitative estimate of drug-likeness (QED) is 0.141. The monoisotopic (exact) mass is 1440 g/mol. The van der Waals surface area contributed by atoms with Gasteiger partial charge in [0.1, 0.15) is 21.0 Å². The van der Waals surface area contributed by atoms with Crippen LogP contribution in [0.15, 0.2) is 361 Å². The van der Waals surface area contributed by atoms with E-state index in [0.717, 1.165) is 88.0 Å². The highest BCUT2D eigenvalue weighted by atomic mass is 32.1. The van der Waals surface area contributed by atoms with Crippen LogP contribution in [0.4, 0.5) is 0 Å². The van der Waals surface area contributed by atoms with Crippen molar-refractivity contribution in [3.63, 3.8) is 0 Å². The molecule has 24 aromatic rings. The molecule has 6 aromatic heterocycles. The summed E-state index contributed by atoms with van der Waals surface area (Å²) in [6.07, 6.45) is 0. The summed E-state index contributed by atoms with van der Waals surface area (Å²) < 4.78 is 19.5. The van der Waals surface area contributed by atoms with Crippen LogP contribution in [-0.4, -0.2) is 29.1 Å². The standard InChI is InChI=1S/C50H29N3O2.C50H29N3S2/c2*1-3-13-36-34(11-1)39(30-21-23-31(24-22-30)49-51-41-16-6-9-19-44(41)54-49)29-40-35-12-2-4-14-37(35)48-47(46(36)40)38-15-5-8-18-43(38)53(48)33-27-25-32(26-28-33)50-52-42-17-7-10-20-45(42)55-50/h2*1-29H. The molecular formula is C100H58N6O2S2. The zero-order valence-corrected chi connectivity index (χ0v) is 60.4. The van der Waals surface area contributed by atoms with Gasteiger partial charge in [0.05, 0.1) is 42.5 Å². The summed E-state index contributed by atoms with van der Waals surface area (Å²) in [5, 5.41) is 22.0. The van der Waals surface area contributed by atoms with Crippen LogP contribution in [0.2, 0.25) is 0 Å². The normalized spacial score (nSPS) is 12.0. The molecule has 0 atom stereocenters. The van der Waals surface area contributed by atoms with Crippen molar-refractivity contribution >= 4 is 174 Å². The number of rotatable bonds is 8. The van der Waals surface area contributed by atoms with Crippen LogP contribution in [0.1, 0.15) is 0 Å². The number of aromatic nitrogens is 6. The number of fused-ring (bicyclic) bond motifs is 24. The highest BCUT2D eigenvalue weighted by Crippen LogP contribution is 2.50. The van der Waals surface area contributed by atoms with Crippen molar-refractivity contribution in [3.8, 4) is 77.7 Å². The number of oxazole rings is 2. The van der Waals surface area contributed by atoms with Crippen LogP contribution < -0.4 is 0 Å². The Morgan fingerprint density at radius 3 is 0.964 bits per heavy atom. The number of nitrogens with zero attached hydrogens (tertiary/aromatic N) is 6. The SMILES string of the molecule is c1ccc2oc(-c3ccc(-c4cc5c6ccccc6c6c(c7ccccc7n6-c6ccc(-c7nc8ccccc8o7)cc6)c5c5ccccc45)cc3)nc2c1.c1ccc2sc(-c3ccc(-c4cc5c6ccccc6c6c(c7ccccc7n6-c6ccc(-c7nc8ccccc8s7)cc6)c5c5ccccc45)cc3)nc2c1. The maximum Gasteiger partial charge on any atom is 0.227 e. The molecule has 0 aliphatic rings. The van der Waals surface area contributed by atoms with Crippen LogP contribution in [-0.2, 0) is 0 Å². The molecule has 0 saturated heterocycles. The third-order valence-corrected chi connectivity index (χ3v) is 24.3. The largest absolute Gasteiger partial charge is 0.436 e. The maximum absolute atomic E-state index is 6.13. The molecule has 8 nitrogen and oxygen atoms in total. The molecule has 512 valence electrons. The molecule has 110 heavy (non-hydrogen) atoms.